The maximum atomic E-state index is 10.5. The molecule has 0 saturated heterocycles. The summed E-state index contributed by atoms with van der Waals surface area (Å²) in [5.41, 5.74) is 1.06. The van der Waals surface area contributed by atoms with Gasteiger partial charge in [0.25, 0.3) is 0 Å². The highest BCUT2D eigenvalue weighted by Crippen LogP contribution is 2.23. The van der Waals surface area contributed by atoms with Crippen LogP contribution in [-0.2, 0) is 0 Å². The number of benzene rings is 1. The van der Waals surface area contributed by atoms with Crippen LogP contribution in [0.2, 0.25) is 0 Å². The number of aromatic hydroxyl groups is 1. The zero-order valence-electron chi connectivity index (χ0n) is 6.02. The van der Waals surface area contributed by atoms with E-state index >= 15 is 0 Å². The van der Waals surface area contributed by atoms with Crippen molar-refractivity contribution in [3.05, 3.63) is 24.1 Å². The van der Waals surface area contributed by atoms with Gasteiger partial charge >= 0.3 is 0 Å². The van der Waals surface area contributed by atoms with Crippen LogP contribution in [0.25, 0.3) is 11.1 Å². The normalized spacial score (nSPS) is 10.3. The number of fused-ring (bicyclic) bond motifs is 1. The molecule has 1 aromatic carbocycles. The van der Waals surface area contributed by atoms with E-state index in [1.54, 1.807) is 6.07 Å². The molecule has 1 heterocycles. The fourth-order valence-corrected chi connectivity index (χ4v) is 1.06. The lowest BCUT2D eigenvalue weighted by molar-refractivity contribution is 0.112. The number of phenolic OH excluding ortho intramolecular Hbond substituents is 1. The summed E-state index contributed by atoms with van der Waals surface area (Å²) in [4.78, 5) is 14.3. The number of phenols is 1. The Morgan fingerprint density at radius 2 is 2.33 bits per heavy atom. The van der Waals surface area contributed by atoms with Gasteiger partial charge in [0.15, 0.2) is 18.3 Å². The van der Waals surface area contributed by atoms with Crippen LogP contribution in [0.5, 0.6) is 5.75 Å². The third-order valence-corrected chi connectivity index (χ3v) is 1.64. The number of carbonyl (C=O) groups excluding carboxylic acids is 1. The summed E-state index contributed by atoms with van der Waals surface area (Å²) < 4.78 is 4.93. The number of nitrogens with zero attached hydrogens (tertiary/aromatic N) is 1. The Labute approximate surface area is 67.4 Å². The molecule has 12 heavy (non-hydrogen) atoms. The molecule has 0 amide bonds. The van der Waals surface area contributed by atoms with Gasteiger partial charge in [-0.15, -0.1) is 0 Å². The fourth-order valence-electron chi connectivity index (χ4n) is 1.06. The van der Waals surface area contributed by atoms with Crippen molar-refractivity contribution < 1.29 is 14.3 Å². The predicted octanol–water partition coefficient (Wildman–Crippen LogP) is 1.35. The van der Waals surface area contributed by atoms with E-state index in [1.165, 1.54) is 12.5 Å². The smallest absolute Gasteiger partial charge is 0.182 e. The molecule has 0 radical (unpaired) electrons. The van der Waals surface area contributed by atoms with Gasteiger partial charge in [-0.1, -0.05) is 0 Å². The molecule has 0 aliphatic carbocycles. The molecular weight excluding hydrogens is 158 g/mol. The van der Waals surface area contributed by atoms with Crippen LogP contribution in [0.15, 0.2) is 22.9 Å². The van der Waals surface area contributed by atoms with E-state index in [2.05, 4.69) is 4.98 Å². The van der Waals surface area contributed by atoms with Crippen LogP contribution in [0.3, 0.4) is 0 Å². The van der Waals surface area contributed by atoms with E-state index in [-0.39, 0.29) is 11.3 Å². The Hall–Kier alpha value is -1.84. The number of oxazole rings is 1. The minimum Gasteiger partial charge on any atom is -0.507 e. The standard InChI is InChI=1S/C8H5NO3/c10-3-5-6(11)1-2-7-8(5)9-4-12-7/h1-4,11H. The molecule has 0 aliphatic rings. The van der Waals surface area contributed by atoms with E-state index < -0.39 is 0 Å². The molecule has 0 unspecified atom stereocenters. The number of hydrogen-bond acceptors (Lipinski definition) is 4. The first-order chi connectivity index (χ1) is 5.83. The monoisotopic (exact) mass is 163 g/mol. The van der Waals surface area contributed by atoms with E-state index in [9.17, 15) is 9.90 Å². The predicted molar refractivity (Wildman–Crippen MR) is 41.1 cm³/mol. The Balaban J connectivity index is 2.91. The SMILES string of the molecule is O=Cc1c(O)ccc2ocnc12. The number of hydrogen-bond donors (Lipinski definition) is 1. The summed E-state index contributed by atoms with van der Waals surface area (Å²) in [5.74, 6) is -0.0774. The third kappa shape index (κ3) is 0.780. The largest absolute Gasteiger partial charge is 0.507 e. The van der Waals surface area contributed by atoms with Crippen molar-refractivity contribution in [2.24, 2.45) is 0 Å². The molecule has 1 aromatic heterocycles. The van der Waals surface area contributed by atoms with E-state index in [0.717, 1.165) is 0 Å². The highest BCUT2D eigenvalue weighted by Gasteiger charge is 2.08. The number of aromatic nitrogens is 1. The third-order valence-electron chi connectivity index (χ3n) is 1.64. The summed E-state index contributed by atoms with van der Waals surface area (Å²) in [5, 5.41) is 9.21. The van der Waals surface area contributed by atoms with Gasteiger partial charge in [0, 0.05) is 0 Å². The van der Waals surface area contributed by atoms with Crippen LogP contribution in [-0.4, -0.2) is 16.4 Å². The van der Waals surface area contributed by atoms with Crippen molar-refractivity contribution in [3.8, 4) is 5.75 Å². The zero-order chi connectivity index (χ0) is 8.55. The molecule has 0 aliphatic heterocycles. The first kappa shape index (κ1) is 6.84. The molecule has 4 heteroatoms. The van der Waals surface area contributed by atoms with Crippen LogP contribution >= 0.6 is 0 Å². The molecular formula is C8H5NO3. The van der Waals surface area contributed by atoms with E-state index in [0.29, 0.717) is 17.4 Å². The van der Waals surface area contributed by atoms with Gasteiger partial charge in [-0.05, 0) is 12.1 Å². The second-order valence-corrected chi connectivity index (χ2v) is 2.32. The molecule has 0 atom stereocenters. The molecule has 1 N–H and O–H groups in total. The average molecular weight is 163 g/mol. The molecule has 2 rings (SSSR count). The minimum absolute atomic E-state index is 0.0774. The molecule has 0 fully saturated rings. The maximum absolute atomic E-state index is 10.5. The Kier molecular flexibility index (Phi) is 1.33. The summed E-state index contributed by atoms with van der Waals surface area (Å²) in [6.07, 6.45) is 1.79. The van der Waals surface area contributed by atoms with Crippen molar-refractivity contribution in [3.63, 3.8) is 0 Å². The van der Waals surface area contributed by atoms with Gasteiger partial charge in [0.2, 0.25) is 0 Å². The highest BCUT2D eigenvalue weighted by molar-refractivity contribution is 5.96. The van der Waals surface area contributed by atoms with Crippen molar-refractivity contribution >= 4 is 17.4 Å². The molecule has 4 nitrogen and oxygen atoms in total. The van der Waals surface area contributed by atoms with E-state index in [4.69, 9.17) is 4.42 Å². The second-order valence-electron chi connectivity index (χ2n) is 2.32. The lowest BCUT2D eigenvalue weighted by Gasteiger charge is -1.94. The van der Waals surface area contributed by atoms with Gasteiger partial charge in [-0.2, -0.15) is 0 Å². The molecule has 0 bridgehead atoms. The van der Waals surface area contributed by atoms with Gasteiger partial charge in [-0.25, -0.2) is 4.98 Å². The number of carbonyl (C=O) groups is 1. The highest BCUT2D eigenvalue weighted by atomic mass is 16.3. The Morgan fingerprint density at radius 1 is 1.50 bits per heavy atom. The summed E-state index contributed by atoms with van der Waals surface area (Å²) in [6.45, 7) is 0. The summed E-state index contributed by atoms with van der Waals surface area (Å²) >= 11 is 0. The van der Waals surface area contributed by atoms with Crippen molar-refractivity contribution in [2.45, 2.75) is 0 Å². The number of rotatable bonds is 1. The van der Waals surface area contributed by atoms with Crippen LogP contribution in [0, 0.1) is 0 Å². The first-order valence-corrected chi connectivity index (χ1v) is 3.33. The topological polar surface area (TPSA) is 63.3 Å². The van der Waals surface area contributed by atoms with Gasteiger partial charge in [0.1, 0.15) is 11.3 Å². The van der Waals surface area contributed by atoms with Gasteiger partial charge in [0.05, 0.1) is 5.56 Å². The van der Waals surface area contributed by atoms with Crippen molar-refractivity contribution in [2.75, 3.05) is 0 Å². The Bertz CT molecular complexity index is 433. The van der Waals surface area contributed by atoms with Crippen LogP contribution < -0.4 is 0 Å². The van der Waals surface area contributed by atoms with E-state index in [1.807, 2.05) is 0 Å². The molecule has 0 spiro atoms. The Morgan fingerprint density at radius 3 is 3.08 bits per heavy atom. The number of aldehydes is 1. The zero-order valence-corrected chi connectivity index (χ0v) is 6.02. The van der Waals surface area contributed by atoms with Crippen LogP contribution in [0.4, 0.5) is 0 Å². The first-order valence-electron chi connectivity index (χ1n) is 3.33. The van der Waals surface area contributed by atoms with Gasteiger partial charge < -0.3 is 9.52 Å². The lowest BCUT2D eigenvalue weighted by atomic mass is 10.2. The molecule has 60 valence electrons. The quantitative estimate of drug-likeness (QED) is 0.644. The fraction of sp³-hybridized carbons (Fsp3) is 0. The lowest BCUT2D eigenvalue weighted by Crippen LogP contribution is -1.82. The molecule has 2 aromatic rings. The molecule has 0 saturated carbocycles. The summed E-state index contributed by atoms with van der Waals surface area (Å²) in [7, 11) is 0. The second kappa shape index (κ2) is 2.34. The van der Waals surface area contributed by atoms with Crippen LogP contribution in [0.1, 0.15) is 10.4 Å². The van der Waals surface area contributed by atoms with Crippen molar-refractivity contribution in [1.29, 1.82) is 0 Å². The maximum Gasteiger partial charge on any atom is 0.182 e. The minimum atomic E-state index is -0.0774. The van der Waals surface area contributed by atoms with Crippen molar-refractivity contribution in [1.82, 2.24) is 4.98 Å². The van der Waals surface area contributed by atoms with Gasteiger partial charge in [-0.3, -0.25) is 4.79 Å². The average Bonchev–Trinajstić information content (AvgIpc) is 2.52. The summed E-state index contributed by atoms with van der Waals surface area (Å²) in [6, 6.07) is 2.96.